The smallest absolute Gasteiger partial charge is 0.376 e. The van der Waals surface area contributed by atoms with Crippen LogP contribution in [0.4, 0.5) is 13.2 Å². The number of nitrogens with zero attached hydrogens (tertiary/aromatic N) is 2. The predicted molar refractivity (Wildman–Crippen MR) is 105 cm³/mol. The molecule has 28 heavy (non-hydrogen) atoms. The Morgan fingerprint density at radius 2 is 2.18 bits per heavy atom. The van der Waals surface area contributed by atoms with Crippen LogP contribution in [0.5, 0.6) is 0 Å². The Labute approximate surface area is 169 Å². The molecule has 2 atom stereocenters. The summed E-state index contributed by atoms with van der Waals surface area (Å²) in [7, 11) is 0. The Balaban J connectivity index is 1.67. The maximum Gasteiger partial charge on any atom is 0.433 e. The third-order valence-electron chi connectivity index (χ3n) is 5.32. The van der Waals surface area contributed by atoms with E-state index in [0.29, 0.717) is 22.4 Å². The number of thiophene rings is 1. The lowest BCUT2D eigenvalue weighted by molar-refractivity contribution is -0.140. The minimum Gasteiger partial charge on any atom is -0.376 e. The zero-order valence-corrected chi connectivity index (χ0v) is 17.1. The molecule has 2 aliphatic heterocycles. The molecule has 0 N–H and O–H groups in total. The maximum absolute atomic E-state index is 13.4. The number of carbonyl (C=O) groups is 1. The quantitative estimate of drug-likeness (QED) is 0.702. The van der Waals surface area contributed by atoms with Crippen LogP contribution >= 0.6 is 23.1 Å². The molecule has 2 fully saturated rings. The number of pyridine rings is 1. The molecule has 0 spiro atoms. The van der Waals surface area contributed by atoms with Crippen LogP contribution in [0, 0.1) is 6.92 Å². The number of fused-ring (bicyclic) bond motifs is 1. The van der Waals surface area contributed by atoms with E-state index >= 15 is 0 Å². The van der Waals surface area contributed by atoms with Gasteiger partial charge < -0.3 is 9.64 Å². The van der Waals surface area contributed by atoms with Gasteiger partial charge in [0.05, 0.1) is 11.0 Å². The minimum absolute atomic E-state index is 0.0409. The average molecular weight is 431 g/mol. The number of rotatable bonds is 4. The van der Waals surface area contributed by atoms with E-state index in [1.54, 1.807) is 6.92 Å². The summed E-state index contributed by atoms with van der Waals surface area (Å²) in [6, 6.07) is 2.54. The fourth-order valence-electron chi connectivity index (χ4n) is 3.76. The molecule has 152 valence electrons. The highest BCUT2D eigenvalue weighted by molar-refractivity contribution is 7.99. The lowest BCUT2D eigenvalue weighted by atomic mass is 10.1. The molecule has 4 rings (SSSR count). The monoisotopic (exact) mass is 430 g/mol. The van der Waals surface area contributed by atoms with Crippen LogP contribution in [0.3, 0.4) is 0 Å². The van der Waals surface area contributed by atoms with Gasteiger partial charge in [0.25, 0.3) is 5.91 Å². The molecule has 9 heteroatoms. The molecule has 2 aromatic rings. The van der Waals surface area contributed by atoms with Gasteiger partial charge in [-0.15, -0.1) is 11.3 Å². The van der Waals surface area contributed by atoms with Gasteiger partial charge in [0.15, 0.2) is 0 Å². The standard InChI is InChI=1S/C19H21F3N2O2S2/c1-11-14-4-5-15(19(20,21)22)23-17(14)28-16(11)18(25)24(12-6-8-27-10-12)9-13-3-2-7-26-13/h4-5,12-13H,2-3,6-10H2,1H3/t12-,13+/m0/s1. The fraction of sp³-hybridized carbons (Fsp3) is 0.579. The largest absolute Gasteiger partial charge is 0.433 e. The lowest BCUT2D eigenvalue weighted by Crippen LogP contribution is -2.44. The zero-order valence-electron chi connectivity index (χ0n) is 15.4. The summed E-state index contributed by atoms with van der Waals surface area (Å²) in [5, 5.41) is 0.610. The molecule has 4 heterocycles. The van der Waals surface area contributed by atoms with Crippen molar-refractivity contribution >= 4 is 39.2 Å². The molecule has 4 nitrogen and oxygen atoms in total. The normalized spacial score (nSPS) is 22.9. The van der Waals surface area contributed by atoms with E-state index in [2.05, 4.69) is 4.98 Å². The van der Waals surface area contributed by atoms with Gasteiger partial charge >= 0.3 is 6.18 Å². The highest BCUT2D eigenvalue weighted by Gasteiger charge is 2.35. The van der Waals surface area contributed by atoms with E-state index in [1.165, 1.54) is 6.07 Å². The van der Waals surface area contributed by atoms with Gasteiger partial charge in [-0.1, -0.05) is 0 Å². The van der Waals surface area contributed by atoms with Gasteiger partial charge in [0.1, 0.15) is 10.5 Å². The van der Waals surface area contributed by atoms with Crippen LogP contribution in [-0.4, -0.2) is 52.6 Å². The summed E-state index contributed by atoms with van der Waals surface area (Å²) in [5.74, 6) is 1.79. The van der Waals surface area contributed by atoms with E-state index in [-0.39, 0.29) is 22.9 Å². The molecule has 2 aromatic heterocycles. The second kappa shape index (κ2) is 7.84. The van der Waals surface area contributed by atoms with Crippen LogP contribution in [0.15, 0.2) is 12.1 Å². The Morgan fingerprint density at radius 3 is 2.82 bits per heavy atom. The number of ether oxygens (including phenoxy) is 1. The Morgan fingerprint density at radius 1 is 1.36 bits per heavy atom. The number of halogens is 3. The molecule has 0 radical (unpaired) electrons. The molecule has 0 aromatic carbocycles. The summed E-state index contributed by atoms with van der Waals surface area (Å²) >= 11 is 2.88. The van der Waals surface area contributed by atoms with Crippen LogP contribution in [-0.2, 0) is 10.9 Å². The van der Waals surface area contributed by atoms with E-state index in [1.807, 2.05) is 16.7 Å². The van der Waals surface area contributed by atoms with Gasteiger partial charge in [-0.3, -0.25) is 4.79 Å². The third kappa shape index (κ3) is 3.89. The van der Waals surface area contributed by atoms with E-state index in [0.717, 1.165) is 54.8 Å². The Kier molecular flexibility index (Phi) is 5.59. The average Bonchev–Trinajstić information content (AvgIpc) is 3.40. The number of amides is 1. The molecule has 2 saturated heterocycles. The SMILES string of the molecule is Cc1c(C(=O)N(C[C@H]2CCCO2)[C@H]2CCSC2)sc2nc(C(F)(F)F)ccc12. The van der Waals surface area contributed by atoms with E-state index < -0.39 is 11.9 Å². The van der Waals surface area contributed by atoms with Crippen molar-refractivity contribution in [2.45, 2.75) is 44.5 Å². The molecule has 0 saturated carbocycles. The van der Waals surface area contributed by atoms with Crippen molar-refractivity contribution in [3.05, 3.63) is 28.3 Å². The Bertz CT molecular complexity index is 872. The molecular formula is C19H21F3N2O2S2. The summed E-state index contributed by atoms with van der Waals surface area (Å²) in [6.45, 7) is 3.05. The van der Waals surface area contributed by atoms with Gasteiger partial charge in [-0.25, -0.2) is 4.98 Å². The number of aryl methyl sites for hydroxylation is 1. The second-order valence-corrected chi connectivity index (χ2v) is 9.36. The van der Waals surface area contributed by atoms with Gasteiger partial charge in [0, 0.05) is 30.3 Å². The number of alkyl halides is 3. The Hall–Kier alpha value is -1.32. The van der Waals surface area contributed by atoms with Crippen molar-refractivity contribution in [3.63, 3.8) is 0 Å². The van der Waals surface area contributed by atoms with Crippen LogP contribution < -0.4 is 0 Å². The highest BCUT2D eigenvalue weighted by Crippen LogP contribution is 2.36. The second-order valence-electron chi connectivity index (χ2n) is 7.21. The number of aromatic nitrogens is 1. The van der Waals surface area contributed by atoms with Gasteiger partial charge in [-0.2, -0.15) is 24.9 Å². The number of hydrogen-bond donors (Lipinski definition) is 0. The maximum atomic E-state index is 13.4. The highest BCUT2D eigenvalue weighted by atomic mass is 32.2. The number of carbonyl (C=O) groups excluding carboxylic acids is 1. The molecule has 0 aliphatic carbocycles. The van der Waals surface area contributed by atoms with Crippen LogP contribution in [0.1, 0.15) is 40.2 Å². The molecular weight excluding hydrogens is 409 g/mol. The summed E-state index contributed by atoms with van der Waals surface area (Å²) in [6.07, 6.45) is -1.59. The zero-order chi connectivity index (χ0) is 19.9. The molecule has 0 bridgehead atoms. The van der Waals surface area contributed by atoms with Crippen molar-refractivity contribution in [3.8, 4) is 0 Å². The third-order valence-corrected chi connectivity index (χ3v) is 7.65. The predicted octanol–water partition coefficient (Wildman–Crippen LogP) is 4.75. The van der Waals surface area contributed by atoms with Crippen molar-refractivity contribution < 1.29 is 22.7 Å². The summed E-state index contributed by atoms with van der Waals surface area (Å²) in [4.78, 5) is 19.8. The molecule has 2 aliphatic rings. The first-order valence-corrected chi connectivity index (χ1v) is 11.3. The van der Waals surface area contributed by atoms with Gasteiger partial charge in [0.2, 0.25) is 0 Å². The van der Waals surface area contributed by atoms with Crippen molar-refractivity contribution in [2.75, 3.05) is 24.7 Å². The van der Waals surface area contributed by atoms with Crippen molar-refractivity contribution in [1.82, 2.24) is 9.88 Å². The van der Waals surface area contributed by atoms with E-state index in [9.17, 15) is 18.0 Å². The molecule has 1 amide bonds. The first-order chi connectivity index (χ1) is 13.3. The van der Waals surface area contributed by atoms with E-state index in [4.69, 9.17) is 4.74 Å². The summed E-state index contributed by atoms with van der Waals surface area (Å²) < 4.78 is 44.7. The fourth-order valence-corrected chi connectivity index (χ4v) is 6.13. The minimum atomic E-state index is -4.50. The van der Waals surface area contributed by atoms with Crippen molar-refractivity contribution in [2.24, 2.45) is 0 Å². The van der Waals surface area contributed by atoms with Crippen LogP contribution in [0.2, 0.25) is 0 Å². The number of hydrogen-bond acceptors (Lipinski definition) is 5. The van der Waals surface area contributed by atoms with Crippen molar-refractivity contribution in [1.29, 1.82) is 0 Å². The lowest BCUT2D eigenvalue weighted by Gasteiger charge is -2.30. The topological polar surface area (TPSA) is 42.4 Å². The number of thioether (sulfide) groups is 1. The van der Waals surface area contributed by atoms with Crippen LogP contribution in [0.25, 0.3) is 10.2 Å². The first kappa shape index (κ1) is 20.0. The first-order valence-electron chi connectivity index (χ1n) is 9.32. The molecule has 0 unspecified atom stereocenters. The van der Waals surface area contributed by atoms with Gasteiger partial charge in [-0.05, 0) is 49.6 Å². The summed E-state index contributed by atoms with van der Waals surface area (Å²) in [5.41, 5.74) is -0.224.